The number of unbranched alkanes of at least 4 members (excludes halogenated alkanes) is 4. The first kappa shape index (κ1) is 15.8. The van der Waals surface area contributed by atoms with Crippen molar-refractivity contribution in [1.29, 1.82) is 0 Å². The maximum absolute atomic E-state index is 11.8. The molecule has 0 aliphatic heterocycles. The van der Waals surface area contributed by atoms with Gasteiger partial charge in [-0.25, -0.2) is 4.98 Å². The Morgan fingerprint density at radius 2 is 2.05 bits per heavy atom. The summed E-state index contributed by atoms with van der Waals surface area (Å²) in [5.41, 5.74) is 1.68. The van der Waals surface area contributed by atoms with Crippen molar-refractivity contribution in [2.75, 3.05) is 0 Å². The zero-order chi connectivity index (χ0) is 15.1. The molecule has 0 unspecified atom stereocenters. The average Bonchev–Trinajstić information content (AvgIpc) is 2.87. The third kappa shape index (κ3) is 5.05. The molecule has 0 atom stereocenters. The molecule has 2 rings (SSSR count). The number of aromatic nitrogens is 2. The second kappa shape index (κ2) is 8.03. The minimum Gasteiger partial charge on any atom is -0.350 e. The van der Waals surface area contributed by atoms with Gasteiger partial charge in [0, 0.05) is 18.8 Å². The molecule has 0 radical (unpaired) electrons. The van der Waals surface area contributed by atoms with Gasteiger partial charge in [0.25, 0.3) is 0 Å². The fourth-order valence-electron chi connectivity index (χ4n) is 2.27. The normalized spacial score (nSPS) is 11.0. The molecule has 2 aromatic heterocycles. The van der Waals surface area contributed by atoms with Crippen LogP contribution in [0.1, 0.15) is 51.1 Å². The first-order valence-electron chi connectivity index (χ1n) is 7.59. The smallest absolute Gasteiger partial charge is 0.220 e. The number of carbonyl (C=O) groups is 1. The van der Waals surface area contributed by atoms with Crippen molar-refractivity contribution in [2.45, 2.75) is 52.0 Å². The van der Waals surface area contributed by atoms with Gasteiger partial charge in [-0.2, -0.15) is 0 Å². The molecule has 114 valence electrons. The number of hydrogen-bond acceptors (Lipinski definition) is 2. The molecule has 21 heavy (non-hydrogen) atoms. The number of pyridine rings is 1. The lowest BCUT2D eigenvalue weighted by Gasteiger charge is -2.03. The Kier molecular flexibility index (Phi) is 6.05. The lowest BCUT2D eigenvalue weighted by atomic mass is 10.1. The van der Waals surface area contributed by atoms with Gasteiger partial charge in [-0.1, -0.05) is 44.2 Å². The van der Waals surface area contributed by atoms with Crippen molar-refractivity contribution in [3.63, 3.8) is 0 Å². The lowest BCUT2D eigenvalue weighted by Crippen LogP contribution is -2.22. The molecule has 0 saturated heterocycles. The molecular weight excluding hydrogens is 286 g/mol. The van der Waals surface area contributed by atoms with E-state index in [1.165, 1.54) is 19.3 Å². The largest absolute Gasteiger partial charge is 0.350 e. The highest BCUT2D eigenvalue weighted by molar-refractivity contribution is 6.30. The van der Waals surface area contributed by atoms with Crippen LogP contribution in [-0.4, -0.2) is 15.3 Å². The molecule has 0 fully saturated rings. The van der Waals surface area contributed by atoms with Crippen LogP contribution in [-0.2, 0) is 11.3 Å². The molecule has 1 amide bonds. The van der Waals surface area contributed by atoms with E-state index in [0.29, 0.717) is 18.0 Å². The van der Waals surface area contributed by atoms with E-state index in [2.05, 4.69) is 17.2 Å². The molecule has 2 aromatic rings. The van der Waals surface area contributed by atoms with Crippen molar-refractivity contribution in [1.82, 2.24) is 14.7 Å². The number of carbonyl (C=O) groups excluding carboxylic acids is 1. The number of imidazole rings is 1. The minimum absolute atomic E-state index is 0.0987. The Morgan fingerprint density at radius 3 is 2.86 bits per heavy atom. The first-order valence-corrected chi connectivity index (χ1v) is 7.96. The maximum Gasteiger partial charge on any atom is 0.220 e. The number of rotatable bonds is 8. The summed E-state index contributed by atoms with van der Waals surface area (Å²) < 4.78 is 1.87. The second-order valence-electron chi connectivity index (χ2n) is 5.29. The van der Waals surface area contributed by atoms with Gasteiger partial charge in [-0.3, -0.25) is 4.79 Å². The summed E-state index contributed by atoms with van der Waals surface area (Å²) in [6.45, 7) is 2.65. The van der Waals surface area contributed by atoms with Gasteiger partial charge in [-0.05, 0) is 18.6 Å². The van der Waals surface area contributed by atoms with Gasteiger partial charge in [0.1, 0.15) is 5.65 Å². The van der Waals surface area contributed by atoms with Gasteiger partial charge in [0.15, 0.2) is 0 Å². The highest BCUT2D eigenvalue weighted by Crippen LogP contribution is 2.11. The quantitative estimate of drug-likeness (QED) is 0.750. The molecule has 5 heteroatoms. The van der Waals surface area contributed by atoms with Crippen LogP contribution >= 0.6 is 11.6 Å². The predicted molar refractivity (Wildman–Crippen MR) is 85.4 cm³/mol. The summed E-state index contributed by atoms with van der Waals surface area (Å²) in [7, 11) is 0. The molecule has 0 saturated carbocycles. The molecule has 4 nitrogen and oxygen atoms in total. The van der Waals surface area contributed by atoms with Crippen LogP contribution in [0.3, 0.4) is 0 Å². The molecule has 0 bridgehead atoms. The van der Waals surface area contributed by atoms with E-state index in [1.54, 1.807) is 0 Å². The number of nitrogens with one attached hydrogen (secondary N) is 1. The summed E-state index contributed by atoms with van der Waals surface area (Å²) in [5, 5.41) is 3.59. The van der Waals surface area contributed by atoms with Gasteiger partial charge in [0.2, 0.25) is 5.91 Å². The monoisotopic (exact) mass is 307 g/mol. The Hall–Kier alpha value is -1.55. The van der Waals surface area contributed by atoms with Crippen molar-refractivity contribution >= 4 is 23.2 Å². The molecule has 0 aromatic carbocycles. The van der Waals surface area contributed by atoms with Crippen molar-refractivity contribution in [3.8, 4) is 0 Å². The maximum atomic E-state index is 11.8. The van der Waals surface area contributed by atoms with Crippen molar-refractivity contribution in [3.05, 3.63) is 35.2 Å². The topological polar surface area (TPSA) is 46.4 Å². The first-order chi connectivity index (χ1) is 10.2. The number of fused-ring (bicyclic) bond motifs is 1. The number of hydrogen-bond donors (Lipinski definition) is 1. The number of amides is 1. The minimum atomic E-state index is 0.0987. The molecule has 1 N–H and O–H groups in total. The van der Waals surface area contributed by atoms with Crippen LogP contribution in [0.15, 0.2) is 24.5 Å². The Balaban J connectivity index is 1.75. The SMILES string of the molecule is CCCCCCCC(=O)NCc1cn2cc(Cl)ccc2n1. The van der Waals surface area contributed by atoms with E-state index in [4.69, 9.17) is 11.6 Å². The summed E-state index contributed by atoms with van der Waals surface area (Å²) >= 11 is 5.93. The molecule has 0 aliphatic carbocycles. The van der Waals surface area contributed by atoms with Crippen molar-refractivity contribution in [2.24, 2.45) is 0 Å². The van der Waals surface area contributed by atoms with Crippen LogP contribution in [0.25, 0.3) is 5.65 Å². The van der Waals surface area contributed by atoms with Crippen LogP contribution in [0.2, 0.25) is 5.02 Å². The van der Waals surface area contributed by atoms with Crippen LogP contribution in [0.4, 0.5) is 0 Å². The second-order valence-corrected chi connectivity index (χ2v) is 5.72. The average molecular weight is 308 g/mol. The summed E-state index contributed by atoms with van der Waals surface area (Å²) in [5.74, 6) is 0.0987. The van der Waals surface area contributed by atoms with E-state index in [-0.39, 0.29) is 5.91 Å². The Labute approximate surface area is 130 Å². The highest BCUT2D eigenvalue weighted by atomic mass is 35.5. The van der Waals surface area contributed by atoms with E-state index in [1.807, 2.05) is 28.9 Å². The van der Waals surface area contributed by atoms with E-state index in [9.17, 15) is 4.79 Å². The lowest BCUT2D eigenvalue weighted by molar-refractivity contribution is -0.121. The van der Waals surface area contributed by atoms with Crippen LogP contribution in [0.5, 0.6) is 0 Å². The van der Waals surface area contributed by atoms with Crippen molar-refractivity contribution < 1.29 is 4.79 Å². The van der Waals surface area contributed by atoms with Crippen LogP contribution < -0.4 is 5.32 Å². The van der Waals surface area contributed by atoms with E-state index in [0.717, 1.165) is 24.2 Å². The predicted octanol–water partition coefficient (Wildman–Crippen LogP) is 3.96. The fourth-order valence-corrected chi connectivity index (χ4v) is 2.44. The summed E-state index contributed by atoms with van der Waals surface area (Å²) in [6.07, 6.45) is 10.1. The standard InChI is InChI=1S/C16H22ClN3O/c1-2-3-4-5-6-7-16(21)18-10-14-12-20-11-13(17)8-9-15(20)19-14/h8-9,11-12H,2-7,10H2,1H3,(H,18,21). The summed E-state index contributed by atoms with van der Waals surface area (Å²) in [6, 6.07) is 3.67. The van der Waals surface area contributed by atoms with Gasteiger partial charge in [0.05, 0.1) is 17.3 Å². The third-order valence-corrected chi connectivity index (χ3v) is 3.66. The highest BCUT2D eigenvalue weighted by Gasteiger charge is 2.05. The Morgan fingerprint density at radius 1 is 1.24 bits per heavy atom. The molecule has 0 spiro atoms. The van der Waals surface area contributed by atoms with E-state index < -0.39 is 0 Å². The number of halogens is 1. The zero-order valence-electron chi connectivity index (χ0n) is 12.4. The van der Waals surface area contributed by atoms with Gasteiger partial charge < -0.3 is 9.72 Å². The molecule has 2 heterocycles. The summed E-state index contributed by atoms with van der Waals surface area (Å²) in [4.78, 5) is 16.2. The van der Waals surface area contributed by atoms with E-state index >= 15 is 0 Å². The molecule has 0 aliphatic rings. The molecular formula is C16H22ClN3O. The Bertz CT molecular complexity index is 594. The number of nitrogens with zero attached hydrogens (tertiary/aromatic N) is 2. The fraction of sp³-hybridized carbons (Fsp3) is 0.500. The third-order valence-electron chi connectivity index (χ3n) is 3.44. The van der Waals surface area contributed by atoms with Gasteiger partial charge in [-0.15, -0.1) is 0 Å². The van der Waals surface area contributed by atoms with Gasteiger partial charge >= 0.3 is 0 Å². The zero-order valence-corrected chi connectivity index (χ0v) is 13.2. The van der Waals surface area contributed by atoms with Crippen LogP contribution in [0, 0.1) is 0 Å².